The van der Waals surface area contributed by atoms with Gasteiger partial charge in [-0.05, 0) is 47.9 Å². The lowest BCUT2D eigenvalue weighted by Gasteiger charge is -2.33. The van der Waals surface area contributed by atoms with E-state index in [-0.39, 0.29) is 17.0 Å². The summed E-state index contributed by atoms with van der Waals surface area (Å²) in [5.41, 5.74) is 5.48. The van der Waals surface area contributed by atoms with Crippen molar-refractivity contribution in [2.24, 2.45) is 0 Å². The van der Waals surface area contributed by atoms with Crippen molar-refractivity contribution in [3.05, 3.63) is 144 Å². The van der Waals surface area contributed by atoms with Crippen molar-refractivity contribution in [1.29, 1.82) is 0 Å². The van der Waals surface area contributed by atoms with Crippen molar-refractivity contribution in [3.8, 4) is 0 Å². The first kappa shape index (κ1) is 35.1. The Balaban J connectivity index is 0.000000200. The number of halogens is 1. The van der Waals surface area contributed by atoms with Gasteiger partial charge >= 0.3 is 0 Å². The van der Waals surface area contributed by atoms with E-state index < -0.39 is 0 Å². The first-order chi connectivity index (χ1) is 21.8. The predicted molar refractivity (Wildman–Crippen MR) is 196 cm³/mol. The quantitative estimate of drug-likeness (QED) is 0.123. The molecule has 0 radical (unpaired) electrons. The molecule has 4 aromatic carbocycles. The third kappa shape index (κ3) is 12.5. The summed E-state index contributed by atoms with van der Waals surface area (Å²) in [6, 6.07) is 45.1. The summed E-state index contributed by atoms with van der Waals surface area (Å²) in [5, 5.41) is 15.0. The summed E-state index contributed by atoms with van der Waals surface area (Å²) >= 11 is 0. The van der Waals surface area contributed by atoms with E-state index in [4.69, 9.17) is 0 Å². The fourth-order valence-electron chi connectivity index (χ4n) is 6.62. The molecule has 4 nitrogen and oxygen atoms in total. The highest BCUT2D eigenvalue weighted by Crippen LogP contribution is 2.21. The fraction of sp³-hybridized carbons (Fsp3) is 0.400. The van der Waals surface area contributed by atoms with Crippen LogP contribution in [0, 0.1) is 0 Å². The number of nitrogens with one attached hydrogen (secondary N) is 4. The van der Waals surface area contributed by atoms with Crippen LogP contribution in [0.15, 0.2) is 121 Å². The number of hydrogen-bond donors (Lipinski definition) is 4. The minimum Gasteiger partial charge on any atom is -0.308 e. The van der Waals surface area contributed by atoms with E-state index in [0.717, 1.165) is 26.2 Å². The lowest BCUT2D eigenvalue weighted by Crippen LogP contribution is -2.49. The Bertz CT molecular complexity index is 1080. The zero-order valence-corrected chi connectivity index (χ0v) is 28.5. The van der Waals surface area contributed by atoms with Crippen LogP contribution in [0.2, 0.25) is 0 Å². The lowest BCUT2D eigenvalue weighted by molar-refractivity contribution is 0.281. The molecule has 4 N–H and O–H groups in total. The third-order valence-corrected chi connectivity index (χ3v) is 9.18. The molecular weight excluding hydrogens is 616 g/mol. The summed E-state index contributed by atoms with van der Waals surface area (Å²) in [4.78, 5) is 0. The molecule has 0 aliphatic heterocycles. The molecule has 0 heterocycles. The van der Waals surface area contributed by atoms with Crippen molar-refractivity contribution in [2.45, 2.75) is 102 Å². The largest absolute Gasteiger partial charge is 0.308 e. The highest BCUT2D eigenvalue weighted by Gasteiger charge is 2.25. The molecule has 4 unspecified atom stereocenters. The average Bonchev–Trinajstić information content (AvgIpc) is 3.11. The SMILES string of the molecule is Br.c1ccc(CNC2CCCCC2NCc2ccccc2)cc1.c1ccc(CNC2CCCCC2NCc2ccccc2)cc1. The number of hydrogen-bond acceptors (Lipinski definition) is 4. The lowest BCUT2D eigenvalue weighted by atomic mass is 9.90. The maximum atomic E-state index is 3.76. The molecule has 2 aliphatic rings. The van der Waals surface area contributed by atoms with E-state index in [0.29, 0.717) is 24.2 Å². The third-order valence-electron chi connectivity index (χ3n) is 9.18. The van der Waals surface area contributed by atoms with Gasteiger partial charge in [-0.15, -0.1) is 17.0 Å². The van der Waals surface area contributed by atoms with Gasteiger partial charge in [-0.3, -0.25) is 0 Å². The highest BCUT2D eigenvalue weighted by molar-refractivity contribution is 8.93. The maximum absolute atomic E-state index is 3.76. The second kappa shape index (κ2) is 20.3. The van der Waals surface area contributed by atoms with Crippen LogP contribution in [0.25, 0.3) is 0 Å². The van der Waals surface area contributed by atoms with Crippen LogP contribution in [0.5, 0.6) is 0 Å². The standard InChI is InChI=1S/2C20H26N2.BrH/c2*1-3-9-17(10-4-1)15-21-19-13-7-8-14-20(19)22-16-18-11-5-2-6-12-18;/h2*1-6,9-12,19-22H,7-8,13-16H2;1H. The second-order valence-corrected chi connectivity index (χ2v) is 12.5. The van der Waals surface area contributed by atoms with Crippen LogP contribution in [-0.4, -0.2) is 24.2 Å². The van der Waals surface area contributed by atoms with Gasteiger partial charge in [0, 0.05) is 50.3 Å². The van der Waals surface area contributed by atoms with Crippen molar-refractivity contribution in [3.63, 3.8) is 0 Å². The molecule has 0 aromatic heterocycles. The van der Waals surface area contributed by atoms with Gasteiger partial charge in [-0.1, -0.05) is 147 Å². The van der Waals surface area contributed by atoms with Crippen LogP contribution in [-0.2, 0) is 26.2 Å². The number of benzene rings is 4. The molecule has 4 aromatic rings. The Morgan fingerprint density at radius 3 is 0.733 bits per heavy atom. The first-order valence-electron chi connectivity index (χ1n) is 16.9. The van der Waals surface area contributed by atoms with E-state index in [1.807, 2.05) is 0 Å². The van der Waals surface area contributed by atoms with Crippen LogP contribution in [0.1, 0.15) is 73.6 Å². The van der Waals surface area contributed by atoms with Gasteiger partial charge in [0.1, 0.15) is 0 Å². The fourth-order valence-corrected chi connectivity index (χ4v) is 6.62. The summed E-state index contributed by atoms with van der Waals surface area (Å²) in [6.07, 6.45) is 10.5. The average molecular weight is 670 g/mol. The van der Waals surface area contributed by atoms with E-state index in [1.54, 1.807) is 0 Å². The molecule has 2 aliphatic carbocycles. The van der Waals surface area contributed by atoms with Crippen molar-refractivity contribution in [2.75, 3.05) is 0 Å². The predicted octanol–water partition coefficient (Wildman–Crippen LogP) is 8.33. The Kier molecular flexibility index (Phi) is 15.9. The molecule has 4 atom stereocenters. The van der Waals surface area contributed by atoms with Crippen molar-refractivity contribution < 1.29 is 0 Å². The zero-order valence-electron chi connectivity index (χ0n) is 26.7. The Morgan fingerprint density at radius 1 is 0.333 bits per heavy atom. The van der Waals surface area contributed by atoms with Gasteiger partial charge in [0.25, 0.3) is 0 Å². The minimum atomic E-state index is 0. The van der Waals surface area contributed by atoms with E-state index >= 15 is 0 Å². The molecule has 2 fully saturated rings. The van der Waals surface area contributed by atoms with Crippen LogP contribution in [0.4, 0.5) is 0 Å². The second-order valence-electron chi connectivity index (χ2n) is 12.5. The molecule has 0 amide bonds. The normalized spacial score (nSPS) is 21.2. The Hall–Kier alpha value is -2.80. The molecule has 240 valence electrons. The summed E-state index contributed by atoms with van der Waals surface area (Å²) in [5.74, 6) is 0. The smallest absolute Gasteiger partial charge is 0.0224 e. The highest BCUT2D eigenvalue weighted by atomic mass is 79.9. The Labute approximate surface area is 282 Å². The maximum Gasteiger partial charge on any atom is 0.0224 e. The molecule has 0 spiro atoms. The molecular formula is C40H53BrN4. The zero-order chi connectivity index (χ0) is 30.1. The van der Waals surface area contributed by atoms with Gasteiger partial charge in [0.2, 0.25) is 0 Å². The van der Waals surface area contributed by atoms with Gasteiger partial charge in [0.15, 0.2) is 0 Å². The van der Waals surface area contributed by atoms with Crippen LogP contribution in [0.3, 0.4) is 0 Å². The van der Waals surface area contributed by atoms with E-state index in [1.165, 1.54) is 73.6 Å². The minimum absolute atomic E-state index is 0. The Morgan fingerprint density at radius 2 is 0.533 bits per heavy atom. The molecule has 6 rings (SSSR count). The van der Waals surface area contributed by atoms with Gasteiger partial charge in [-0.2, -0.15) is 0 Å². The van der Waals surface area contributed by atoms with Crippen molar-refractivity contribution >= 4 is 17.0 Å². The summed E-state index contributed by atoms with van der Waals surface area (Å²) < 4.78 is 0. The summed E-state index contributed by atoms with van der Waals surface area (Å²) in [6.45, 7) is 3.87. The van der Waals surface area contributed by atoms with Crippen molar-refractivity contribution in [1.82, 2.24) is 21.3 Å². The first-order valence-corrected chi connectivity index (χ1v) is 16.9. The molecule has 0 saturated heterocycles. The summed E-state index contributed by atoms with van der Waals surface area (Å²) in [7, 11) is 0. The van der Waals surface area contributed by atoms with E-state index in [2.05, 4.69) is 143 Å². The molecule has 5 heteroatoms. The van der Waals surface area contributed by atoms with Gasteiger partial charge in [0.05, 0.1) is 0 Å². The van der Waals surface area contributed by atoms with Gasteiger partial charge in [-0.25, -0.2) is 0 Å². The van der Waals surface area contributed by atoms with Crippen LogP contribution >= 0.6 is 17.0 Å². The van der Waals surface area contributed by atoms with Gasteiger partial charge < -0.3 is 21.3 Å². The topological polar surface area (TPSA) is 48.1 Å². The molecule has 2 saturated carbocycles. The monoisotopic (exact) mass is 668 g/mol. The molecule has 45 heavy (non-hydrogen) atoms. The van der Waals surface area contributed by atoms with Crippen LogP contribution < -0.4 is 21.3 Å². The van der Waals surface area contributed by atoms with E-state index in [9.17, 15) is 0 Å². The molecule has 0 bridgehead atoms. The number of rotatable bonds is 12.